The van der Waals surface area contributed by atoms with Gasteiger partial charge in [-0.25, -0.2) is 8.42 Å². The minimum absolute atomic E-state index is 0.328. The van der Waals surface area contributed by atoms with E-state index in [1.165, 1.54) is 5.41 Å². The van der Waals surface area contributed by atoms with Gasteiger partial charge in [-0.2, -0.15) is 0 Å². The average molecular weight is 258 g/mol. The largest absolute Gasteiger partial charge is 0.219 e. The van der Waals surface area contributed by atoms with E-state index in [1.807, 2.05) is 30.3 Å². The van der Waals surface area contributed by atoms with Crippen molar-refractivity contribution in [2.45, 2.75) is 11.3 Å². The van der Waals surface area contributed by atoms with Crippen LogP contribution < -0.4 is 0 Å². The molecular formula is C15H14O2S. The minimum atomic E-state index is -3.31. The molecule has 0 aliphatic heterocycles. The fraction of sp³-hybridized carbons (Fsp3) is 0.0667. The van der Waals surface area contributed by atoms with Gasteiger partial charge in [-0.15, -0.1) is 0 Å². The van der Waals surface area contributed by atoms with Crippen molar-refractivity contribution in [3.63, 3.8) is 0 Å². The molecule has 18 heavy (non-hydrogen) atoms. The van der Waals surface area contributed by atoms with Crippen molar-refractivity contribution in [1.29, 1.82) is 0 Å². The van der Waals surface area contributed by atoms with Crippen molar-refractivity contribution >= 4 is 9.84 Å². The summed E-state index contributed by atoms with van der Waals surface area (Å²) in [5, 5.41) is 1.27. The number of benzene rings is 2. The summed E-state index contributed by atoms with van der Waals surface area (Å²) in [5.41, 5.74) is 1.09. The highest BCUT2D eigenvalue weighted by molar-refractivity contribution is 7.94. The number of hydrogen-bond donors (Lipinski definition) is 0. The molecule has 0 saturated heterocycles. The van der Waals surface area contributed by atoms with Crippen LogP contribution >= 0.6 is 0 Å². The molecule has 0 aliphatic rings. The molecule has 2 rings (SSSR count). The van der Waals surface area contributed by atoms with E-state index >= 15 is 0 Å². The Morgan fingerprint density at radius 1 is 0.833 bits per heavy atom. The fourth-order valence-corrected chi connectivity index (χ4v) is 2.66. The zero-order chi connectivity index (χ0) is 12.8. The summed E-state index contributed by atoms with van der Waals surface area (Å²) in [6.07, 6.45) is 2.30. The standard InChI is InChI=1S/C15H14O2S/c16-18(17,15-11-5-2-6-12-15)13-7-10-14-8-3-1-4-9-14/h1-9,11-13H,10H2/b13-7+. The van der Waals surface area contributed by atoms with Crippen LogP contribution in [0.5, 0.6) is 0 Å². The van der Waals surface area contributed by atoms with E-state index in [4.69, 9.17) is 0 Å². The molecular weight excluding hydrogens is 244 g/mol. The molecule has 0 aromatic heterocycles. The van der Waals surface area contributed by atoms with Gasteiger partial charge in [0.2, 0.25) is 0 Å². The summed E-state index contributed by atoms with van der Waals surface area (Å²) in [6.45, 7) is 0. The molecule has 0 N–H and O–H groups in total. The summed E-state index contributed by atoms with van der Waals surface area (Å²) in [6, 6.07) is 18.2. The maximum atomic E-state index is 11.9. The van der Waals surface area contributed by atoms with Crippen LogP contribution in [-0.4, -0.2) is 8.42 Å². The van der Waals surface area contributed by atoms with Gasteiger partial charge >= 0.3 is 0 Å². The van der Waals surface area contributed by atoms with Gasteiger partial charge in [-0.05, 0) is 24.1 Å². The summed E-state index contributed by atoms with van der Waals surface area (Å²) in [4.78, 5) is 0.328. The molecule has 0 bridgehead atoms. The predicted octanol–water partition coefficient (Wildman–Crippen LogP) is 3.22. The second-order valence-corrected chi connectivity index (χ2v) is 5.75. The third-order valence-corrected chi connectivity index (χ3v) is 4.02. The van der Waals surface area contributed by atoms with Crippen LogP contribution in [0.2, 0.25) is 0 Å². The summed E-state index contributed by atoms with van der Waals surface area (Å²) in [5.74, 6) is 0. The monoisotopic (exact) mass is 258 g/mol. The van der Waals surface area contributed by atoms with Crippen molar-refractivity contribution in [1.82, 2.24) is 0 Å². The Kier molecular flexibility index (Phi) is 3.95. The van der Waals surface area contributed by atoms with Gasteiger partial charge < -0.3 is 0 Å². The second-order valence-electron chi connectivity index (χ2n) is 3.92. The Morgan fingerprint density at radius 3 is 2.00 bits per heavy atom. The lowest BCUT2D eigenvalue weighted by Crippen LogP contribution is -1.95. The van der Waals surface area contributed by atoms with Crippen molar-refractivity contribution in [2.24, 2.45) is 0 Å². The van der Waals surface area contributed by atoms with Gasteiger partial charge in [0.25, 0.3) is 0 Å². The normalized spacial score (nSPS) is 11.8. The van der Waals surface area contributed by atoms with Crippen LogP contribution in [0.4, 0.5) is 0 Å². The lowest BCUT2D eigenvalue weighted by molar-refractivity contribution is 0.604. The van der Waals surface area contributed by atoms with E-state index < -0.39 is 9.84 Å². The van der Waals surface area contributed by atoms with Gasteiger partial charge in [0.05, 0.1) is 4.90 Å². The maximum absolute atomic E-state index is 11.9. The van der Waals surface area contributed by atoms with Gasteiger partial charge in [0, 0.05) is 5.41 Å². The highest BCUT2D eigenvalue weighted by Crippen LogP contribution is 2.11. The smallest absolute Gasteiger partial charge is 0.199 e. The van der Waals surface area contributed by atoms with Crippen LogP contribution in [0.1, 0.15) is 5.56 Å². The van der Waals surface area contributed by atoms with Gasteiger partial charge in [0.1, 0.15) is 0 Å². The second kappa shape index (κ2) is 5.65. The van der Waals surface area contributed by atoms with Crippen molar-refractivity contribution in [3.05, 3.63) is 77.7 Å². The Balaban J connectivity index is 2.10. The molecule has 0 aliphatic carbocycles. The molecule has 3 heteroatoms. The maximum Gasteiger partial charge on any atom is 0.199 e. The molecule has 2 nitrogen and oxygen atoms in total. The lowest BCUT2D eigenvalue weighted by Gasteiger charge is -1.98. The van der Waals surface area contributed by atoms with Crippen LogP contribution in [0.15, 0.2) is 77.0 Å². The van der Waals surface area contributed by atoms with Crippen molar-refractivity contribution in [2.75, 3.05) is 0 Å². The average Bonchev–Trinajstić information content (AvgIpc) is 2.41. The van der Waals surface area contributed by atoms with E-state index in [2.05, 4.69) is 0 Å². The molecule has 0 radical (unpaired) electrons. The van der Waals surface area contributed by atoms with Crippen LogP contribution in [-0.2, 0) is 16.3 Å². The van der Waals surface area contributed by atoms with Crippen LogP contribution in [0.25, 0.3) is 0 Å². The zero-order valence-electron chi connectivity index (χ0n) is 9.86. The molecule has 0 unspecified atom stereocenters. The SMILES string of the molecule is O=S(=O)(/C=C/Cc1ccccc1)c1ccccc1. The number of hydrogen-bond acceptors (Lipinski definition) is 2. The molecule has 0 saturated carbocycles. The highest BCUT2D eigenvalue weighted by Gasteiger charge is 2.08. The first-order valence-corrected chi connectivity index (χ1v) is 7.24. The quantitative estimate of drug-likeness (QED) is 0.843. The lowest BCUT2D eigenvalue weighted by atomic mass is 10.2. The van der Waals surface area contributed by atoms with Gasteiger partial charge in [-0.1, -0.05) is 54.6 Å². The first-order valence-electron chi connectivity index (χ1n) is 5.69. The third kappa shape index (κ3) is 3.31. The first kappa shape index (κ1) is 12.6. The van der Waals surface area contributed by atoms with Crippen LogP contribution in [0, 0.1) is 0 Å². The highest BCUT2D eigenvalue weighted by atomic mass is 32.2. The van der Waals surface area contributed by atoms with E-state index in [9.17, 15) is 8.42 Å². The molecule has 2 aromatic carbocycles. The summed E-state index contributed by atoms with van der Waals surface area (Å²) in [7, 11) is -3.31. The van der Waals surface area contributed by atoms with Crippen molar-refractivity contribution < 1.29 is 8.42 Å². The zero-order valence-corrected chi connectivity index (χ0v) is 10.7. The van der Waals surface area contributed by atoms with Crippen LogP contribution in [0.3, 0.4) is 0 Å². The predicted molar refractivity (Wildman–Crippen MR) is 72.9 cm³/mol. The first-order chi connectivity index (χ1) is 8.68. The Bertz CT molecular complexity index is 614. The van der Waals surface area contributed by atoms with E-state index in [0.29, 0.717) is 11.3 Å². The Morgan fingerprint density at radius 2 is 1.39 bits per heavy atom. The molecule has 0 amide bonds. The number of allylic oxidation sites excluding steroid dienone is 1. The molecule has 0 heterocycles. The van der Waals surface area contributed by atoms with E-state index in [0.717, 1.165) is 5.56 Å². The van der Waals surface area contributed by atoms with E-state index in [-0.39, 0.29) is 0 Å². The molecule has 0 atom stereocenters. The van der Waals surface area contributed by atoms with Gasteiger partial charge in [-0.3, -0.25) is 0 Å². The molecule has 92 valence electrons. The molecule has 0 fully saturated rings. The van der Waals surface area contributed by atoms with E-state index in [1.54, 1.807) is 36.4 Å². The number of rotatable bonds is 4. The Labute approximate surface area is 108 Å². The Hall–Kier alpha value is -1.87. The number of sulfone groups is 1. The topological polar surface area (TPSA) is 34.1 Å². The molecule has 0 spiro atoms. The van der Waals surface area contributed by atoms with Crippen molar-refractivity contribution in [3.8, 4) is 0 Å². The minimum Gasteiger partial charge on any atom is -0.219 e. The third-order valence-electron chi connectivity index (χ3n) is 2.54. The fourth-order valence-electron chi connectivity index (χ4n) is 1.61. The summed E-state index contributed by atoms with van der Waals surface area (Å²) >= 11 is 0. The molecule has 2 aromatic rings. The summed E-state index contributed by atoms with van der Waals surface area (Å²) < 4.78 is 23.9. The van der Waals surface area contributed by atoms with Gasteiger partial charge in [0.15, 0.2) is 9.84 Å².